The fourth-order valence-corrected chi connectivity index (χ4v) is 2.47. The molecule has 142 valence electrons. The quantitative estimate of drug-likeness (QED) is 0.578. The van der Waals surface area contributed by atoms with Crippen LogP contribution < -0.4 is 0 Å². The zero-order valence-electron chi connectivity index (χ0n) is 15.3. The molecular weight excluding hydrogens is 337 g/mol. The zero-order valence-corrected chi connectivity index (χ0v) is 15.3. The molecule has 0 saturated heterocycles. The number of unbranched alkanes of at least 4 members (excludes halogenated alkanes) is 4. The second kappa shape index (κ2) is 9.48. The number of rotatable bonds is 11. The van der Waals surface area contributed by atoms with Crippen molar-refractivity contribution in [2.75, 3.05) is 6.61 Å². The third-order valence-electron chi connectivity index (χ3n) is 4.20. The molecule has 0 spiro atoms. The van der Waals surface area contributed by atoms with Crippen LogP contribution in [0.1, 0.15) is 51.6 Å². The molecule has 0 saturated carbocycles. The van der Waals surface area contributed by atoms with Crippen molar-refractivity contribution in [1.82, 2.24) is 4.98 Å². The Kier molecular flexibility index (Phi) is 7.33. The van der Waals surface area contributed by atoms with E-state index in [1.165, 1.54) is 12.1 Å². The number of ether oxygens (including phenoxy) is 1. The summed E-state index contributed by atoms with van der Waals surface area (Å²) in [4.78, 5) is 15.3. The van der Waals surface area contributed by atoms with Crippen molar-refractivity contribution in [2.45, 2.75) is 58.0 Å². The molecule has 0 aliphatic rings. The van der Waals surface area contributed by atoms with Gasteiger partial charge in [-0.1, -0.05) is 19.3 Å². The second-order valence-corrected chi connectivity index (χ2v) is 6.83. The third kappa shape index (κ3) is 6.26. The van der Waals surface area contributed by atoms with E-state index in [4.69, 9.17) is 14.3 Å². The predicted octanol–water partition coefficient (Wildman–Crippen LogP) is 4.85. The Morgan fingerprint density at radius 1 is 1.15 bits per heavy atom. The fraction of sp³-hybridized carbons (Fsp3) is 0.500. The number of carboxylic acids is 1. The lowest BCUT2D eigenvalue weighted by atomic mass is 10.1. The van der Waals surface area contributed by atoms with Crippen molar-refractivity contribution in [3.8, 4) is 11.5 Å². The Balaban J connectivity index is 1.59. The average molecular weight is 363 g/mol. The Morgan fingerprint density at radius 3 is 2.50 bits per heavy atom. The van der Waals surface area contributed by atoms with Crippen LogP contribution in [0, 0.1) is 5.82 Å². The lowest BCUT2D eigenvalue weighted by Gasteiger charge is -2.19. The van der Waals surface area contributed by atoms with Crippen LogP contribution in [0.25, 0.3) is 11.5 Å². The van der Waals surface area contributed by atoms with Crippen LogP contribution in [0.5, 0.6) is 0 Å². The second-order valence-electron chi connectivity index (χ2n) is 6.83. The van der Waals surface area contributed by atoms with Crippen molar-refractivity contribution in [1.29, 1.82) is 0 Å². The van der Waals surface area contributed by atoms with Gasteiger partial charge in [-0.15, -0.1) is 0 Å². The first-order valence-corrected chi connectivity index (χ1v) is 8.96. The van der Waals surface area contributed by atoms with E-state index in [9.17, 15) is 9.18 Å². The Bertz CT molecular complexity index is 694. The van der Waals surface area contributed by atoms with E-state index in [-0.39, 0.29) is 5.82 Å². The molecule has 2 rings (SSSR count). The number of hydrogen-bond acceptors (Lipinski definition) is 4. The van der Waals surface area contributed by atoms with E-state index < -0.39 is 11.6 Å². The van der Waals surface area contributed by atoms with E-state index in [1.54, 1.807) is 32.2 Å². The van der Waals surface area contributed by atoms with Gasteiger partial charge < -0.3 is 14.3 Å². The van der Waals surface area contributed by atoms with E-state index in [0.717, 1.165) is 49.8 Å². The van der Waals surface area contributed by atoms with Crippen molar-refractivity contribution in [3.05, 3.63) is 42.0 Å². The van der Waals surface area contributed by atoms with Gasteiger partial charge in [0.1, 0.15) is 12.1 Å². The highest BCUT2D eigenvalue weighted by Crippen LogP contribution is 2.20. The first-order chi connectivity index (χ1) is 12.4. The van der Waals surface area contributed by atoms with Gasteiger partial charge in [-0.05, 0) is 57.4 Å². The highest BCUT2D eigenvalue weighted by molar-refractivity contribution is 5.76. The molecule has 1 aromatic heterocycles. The summed E-state index contributed by atoms with van der Waals surface area (Å²) in [5.74, 6) is -0.708. The van der Waals surface area contributed by atoms with Crippen LogP contribution in [-0.4, -0.2) is 28.3 Å². The third-order valence-corrected chi connectivity index (χ3v) is 4.20. The number of aromatic nitrogens is 1. The maximum atomic E-state index is 12.9. The number of oxazole rings is 1. The van der Waals surface area contributed by atoms with Gasteiger partial charge in [0.2, 0.25) is 5.89 Å². The molecule has 2 aromatic rings. The lowest BCUT2D eigenvalue weighted by Crippen LogP contribution is -2.35. The van der Waals surface area contributed by atoms with Gasteiger partial charge in [-0.2, -0.15) is 0 Å². The molecule has 0 aliphatic heterocycles. The number of carboxylic acid groups (broad SMARTS) is 1. The Morgan fingerprint density at radius 2 is 1.81 bits per heavy atom. The topological polar surface area (TPSA) is 72.6 Å². The minimum atomic E-state index is -1.12. The minimum absolute atomic E-state index is 0.280. The molecule has 1 N–H and O–H groups in total. The van der Waals surface area contributed by atoms with Gasteiger partial charge in [0.25, 0.3) is 0 Å². The summed E-state index contributed by atoms with van der Waals surface area (Å²) in [5.41, 5.74) is 0.549. The van der Waals surface area contributed by atoms with Crippen molar-refractivity contribution in [2.24, 2.45) is 0 Å². The molecule has 1 heterocycles. The minimum Gasteiger partial charge on any atom is -0.479 e. The zero-order chi connectivity index (χ0) is 19.0. The highest BCUT2D eigenvalue weighted by Gasteiger charge is 2.27. The van der Waals surface area contributed by atoms with E-state index >= 15 is 0 Å². The smallest absolute Gasteiger partial charge is 0.335 e. The normalized spacial score (nSPS) is 11.7. The summed E-state index contributed by atoms with van der Waals surface area (Å²) < 4.78 is 23.8. The molecule has 0 bridgehead atoms. The van der Waals surface area contributed by atoms with Gasteiger partial charge in [-0.3, -0.25) is 0 Å². The first kappa shape index (κ1) is 20.1. The van der Waals surface area contributed by atoms with E-state index in [1.807, 2.05) is 0 Å². The number of halogens is 1. The average Bonchev–Trinajstić information content (AvgIpc) is 3.06. The summed E-state index contributed by atoms with van der Waals surface area (Å²) >= 11 is 0. The molecule has 5 nitrogen and oxygen atoms in total. The summed E-state index contributed by atoms with van der Waals surface area (Å²) in [6, 6.07) is 6.08. The maximum Gasteiger partial charge on any atom is 0.335 e. The van der Waals surface area contributed by atoms with Gasteiger partial charge in [0.15, 0.2) is 5.60 Å². The number of benzene rings is 1. The molecule has 0 radical (unpaired) electrons. The lowest BCUT2D eigenvalue weighted by molar-refractivity contribution is -0.161. The standard InChI is InChI=1S/C20H26FNO4/c1-20(2,19(23)24)26-13-7-5-3-4-6-8-17-14-25-18(22-17)15-9-11-16(21)12-10-15/h9-12,14H,3-8,13H2,1-2H3,(H,23,24). The molecule has 26 heavy (non-hydrogen) atoms. The largest absolute Gasteiger partial charge is 0.479 e. The summed E-state index contributed by atoms with van der Waals surface area (Å²) in [6.07, 6.45) is 7.51. The Labute approximate surface area is 153 Å². The van der Waals surface area contributed by atoms with E-state index in [0.29, 0.717) is 12.5 Å². The SMILES string of the molecule is CC(C)(OCCCCCCCc1coc(-c2ccc(F)cc2)n1)C(=O)O. The molecule has 0 fully saturated rings. The molecule has 6 heteroatoms. The number of aliphatic carboxylic acids is 1. The summed E-state index contributed by atoms with van der Waals surface area (Å²) in [6.45, 7) is 3.59. The number of aryl methyl sites for hydroxylation is 1. The first-order valence-electron chi connectivity index (χ1n) is 8.96. The van der Waals surface area contributed by atoms with Crippen molar-refractivity contribution in [3.63, 3.8) is 0 Å². The maximum absolute atomic E-state index is 12.9. The molecule has 0 unspecified atom stereocenters. The molecule has 0 amide bonds. The van der Waals surface area contributed by atoms with Gasteiger partial charge in [-0.25, -0.2) is 14.2 Å². The molecule has 0 atom stereocenters. The monoisotopic (exact) mass is 363 g/mol. The number of nitrogens with zero attached hydrogens (tertiary/aromatic N) is 1. The summed E-state index contributed by atoms with van der Waals surface area (Å²) in [5, 5.41) is 8.95. The Hall–Kier alpha value is -2.21. The molecule has 1 aromatic carbocycles. The van der Waals surface area contributed by atoms with Gasteiger partial charge in [0, 0.05) is 12.2 Å². The molecule has 0 aliphatic carbocycles. The number of carbonyl (C=O) groups is 1. The van der Waals surface area contributed by atoms with Crippen molar-refractivity contribution < 1.29 is 23.4 Å². The van der Waals surface area contributed by atoms with Gasteiger partial charge in [0.05, 0.1) is 5.69 Å². The molecular formula is C20H26FNO4. The van der Waals surface area contributed by atoms with E-state index in [2.05, 4.69) is 4.98 Å². The van der Waals surface area contributed by atoms with Crippen LogP contribution in [-0.2, 0) is 16.0 Å². The van der Waals surface area contributed by atoms with Gasteiger partial charge >= 0.3 is 5.97 Å². The number of hydrogen-bond donors (Lipinski definition) is 1. The van der Waals surface area contributed by atoms with Crippen LogP contribution in [0.4, 0.5) is 4.39 Å². The van der Waals surface area contributed by atoms with Crippen LogP contribution in [0.2, 0.25) is 0 Å². The predicted molar refractivity (Wildman–Crippen MR) is 96.4 cm³/mol. The summed E-state index contributed by atoms with van der Waals surface area (Å²) in [7, 11) is 0. The van der Waals surface area contributed by atoms with Crippen molar-refractivity contribution >= 4 is 5.97 Å². The highest BCUT2D eigenvalue weighted by atomic mass is 19.1. The van der Waals surface area contributed by atoms with Crippen LogP contribution in [0.3, 0.4) is 0 Å². The van der Waals surface area contributed by atoms with Crippen LogP contribution >= 0.6 is 0 Å². The fourth-order valence-electron chi connectivity index (χ4n) is 2.47. The van der Waals surface area contributed by atoms with Crippen LogP contribution in [0.15, 0.2) is 34.9 Å².